The van der Waals surface area contributed by atoms with E-state index in [0.717, 1.165) is 0 Å². The highest BCUT2D eigenvalue weighted by atomic mass is 19.1. The van der Waals surface area contributed by atoms with Gasteiger partial charge in [-0.3, -0.25) is 4.79 Å². The highest BCUT2D eigenvalue weighted by Crippen LogP contribution is 2.04. The first-order chi connectivity index (χ1) is 9.02. The Hall–Kier alpha value is -2.17. The summed E-state index contributed by atoms with van der Waals surface area (Å²) in [5, 5.41) is 11.4. The average molecular weight is 265 g/mol. The van der Waals surface area contributed by atoms with E-state index in [1.54, 1.807) is 19.1 Å². The molecule has 102 valence electrons. The van der Waals surface area contributed by atoms with E-state index in [-0.39, 0.29) is 18.7 Å². The standard InChI is InChI=1S/C14H16FNO3/c1-2-3-4-12(14(18)19)16-13(17)9-10-5-7-11(15)8-6-10/h2-3,5-8,12H,4,9H2,1H3,(H,16,17)(H,18,19)/b3-2+. The van der Waals surface area contributed by atoms with Crippen molar-refractivity contribution in [2.45, 2.75) is 25.8 Å². The zero-order chi connectivity index (χ0) is 14.3. The number of carbonyl (C=O) groups is 2. The second kappa shape index (κ2) is 7.31. The first-order valence-corrected chi connectivity index (χ1v) is 5.90. The van der Waals surface area contributed by atoms with Gasteiger partial charge in [0, 0.05) is 0 Å². The van der Waals surface area contributed by atoms with Crippen LogP contribution in [0.1, 0.15) is 18.9 Å². The fourth-order valence-electron chi connectivity index (χ4n) is 1.53. The Bertz CT molecular complexity index is 468. The molecular weight excluding hydrogens is 249 g/mol. The van der Waals surface area contributed by atoms with Crippen LogP contribution < -0.4 is 5.32 Å². The highest BCUT2D eigenvalue weighted by Gasteiger charge is 2.18. The average Bonchev–Trinajstić information content (AvgIpc) is 2.37. The number of nitrogens with one attached hydrogen (secondary N) is 1. The molecule has 0 saturated heterocycles. The number of benzene rings is 1. The molecule has 0 aliphatic rings. The van der Waals surface area contributed by atoms with Crippen LogP contribution in [0, 0.1) is 5.82 Å². The first kappa shape index (κ1) is 14.9. The molecule has 1 atom stereocenters. The summed E-state index contributed by atoms with van der Waals surface area (Å²) in [6.45, 7) is 1.78. The van der Waals surface area contributed by atoms with E-state index in [1.807, 2.05) is 0 Å². The lowest BCUT2D eigenvalue weighted by Gasteiger charge is -2.12. The SMILES string of the molecule is C/C=C/CC(NC(=O)Cc1ccc(F)cc1)C(=O)O. The Morgan fingerprint density at radius 3 is 2.53 bits per heavy atom. The van der Waals surface area contributed by atoms with Crippen molar-refractivity contribution in [1.82, 2.24) is 5.32 Å². The summed E-state index contributed by atoms with van der Waals surface area (Å²) in [6.07, 6.45) is 3.67. The second-order valence-corrected chi connectivity index (χ2v) is 4.07. The predicted octanol–water partition coefficient (Wildman–Crippen LogP) is 1.90. The summed E-state index contributed by atoms with van der Waals surface area (Å²) < 4.78 is 12.7. The van der Waals surface area contributed by atoms with E-state index in [0.29, 0.717) is 5.56 Å². The molecule has 1 aromatic rings. The minimum Gasteiger partial charge on any atom is -0.480 e. The van der Waals surface area contributed by atoms with Gasteiger partial charge in [0.15, 0.2) is 0 Å². The van der Waals surface area contributed by atoms with Crippen LogP contribution >= 0.6 is 0 Å². The summed E-state index contributed by atoms with van der Waals surface area (Å²) in [4.78, 5) is 22.6. The molecular formula is C14H16FNO3. The molecule has 5 heteroatoms. The van der Waals surface area contributed by atoms with Crippen molar-refractivity contribution in [3.63, 3.8) is 0 Å². The van der Waals surface area contributed by atoms with E-state index in [9.17, 15) is 14.0 Å². The molecule has 0 radical (unpaired) electrons. The Labute approximate surface area is 110 Å². The topological polar surface area (TPSA) is 66.4 Å². The molecule has 0 aliphatic heterocycles. The highest BCUT2D eigenvalue weighted by molar-refractivity contribution is 5.84. The molecule has 0 saturated carbocycles. The third-order valence-electron chi connectivity index (χ3n) is 2.52. The summed E-state index contributed by atoms with van der Waals surface area (Å²) in [7, 11) is 0. The van der Waals surface area contributed by atoms with Crippen LogP contribution in [0.5, 0.6) is 0 Å². The van der Waals surface area contributed by atoms with Crippen LogP contribution in [0.25, 0.3) is 0 Å². The lowest BCUT2D eigenvalue weighted by atomic mass is 10.1. The van der Waals surface area contributed by atoms with Gasteiger partial charge >= 0.3 is 5.97 Å². The van der Waals surface area contributed by atoms with E-state index < -0.39 is 17.9 Å². The van der Waals surface area contributed by atoms with Crippen molar-refractivity contribution >= 4 is 11.9 Å². The minimum atomic E-state index is -1.08. The zero-order valence-electron chi connectivity index (χ0n) is 10.6. The number of hydrogen-bond donors (Lipinski definition) is 2. The van der Waals surface area contributed by atoms with Crippen LogP contribution in [0.15, 0.2) is 36.4 Å². The van der Waals surface area contributed by atoms with Crippen molar-refractivity contribution in [2.75, 3.05) is 0 Å². The molecule has 19 heavy (non-hydrogen) atoms. The lowest BCUT2D eigenvalue weighted by Crippen LogP contribution is -2.41. The largest absolute Gasteiger partial charge is 0.480 e. The zero-order valence-corrected chi connectivity index (χ0v) is 10.6. The molecule has 0 bridgehead atoms. The molecule has 4 nitrogen and oxygen atoms in total. The van der Waals surface area contributed by atoms with Crippen molar-refractivity contribution in [3.8, 4) is 0 Å². The van der Waals surface area contributed by atoms with E-state index in [4.69, 9.17) is 5.11 Å². The number of halogens is 1. The number of carboxylic acid groups (broad SMARTS) is 1. The minimum absolute atomic E-state index is 0.0277. The van der Waals surface area contributed by atoms with Gasteiger partial charge in [0.1, 0.15) is 11.9 Å². The Balaban J connectivity index is 2.57. The fraction of sp³-hybridized carbons (Fsp3) is 0.286. The van der Waals surface area contributed by atoms with Gasteiger partial charge in [-0.15, -0.1) is 0 Å². The maximum atomic E-state index is 12.7. The number of rotatable bonds is 6. The molecule has 2 N–H and O–H groups in total. The smallest absolute Gasteiger partial charge is 0.326 e. The van der Waals surface area contributed by atoms with Crippen LogP contribution in [0.3, 0.4) is 0 Å². The number of carbonyl (C=O) groups excluding carboxylic acids is 1. The Morgan fingerprint density at radius 2 is 2.00 bits per heavy atom. The summed E-state index contributed by atoms with van der Waals surface area (Å²) in [6, 6.07) is 4.57. The quantitative estimate of drug-likeness (QED) is 0.772. The van der Waals surface area contributed by atoms with Crippen LogP contribution in [0.2, 0.25) is 0 Å². The lowest BCUT2D eigenvalue weighted by molar-refractivity contribution is -0.141. The number of allylic oxidation sites excluding steroid dienone is 1. The molecule has 1 amide bonds. The van der Waals surface area contributed by atoms with Gasteiger partial charge in [-0.2, -0.15) is 0 Å². The van der Waals surface area contributed by atoms with Gasteiger partial charge in [-0.05, 0) is 31.0 Å². The molecule has 0 fully saturated rings. The van der Waals surface area contributed by atoms with E-state index in [1.165, 1.54) is 24.3 Å². The predicted molar refractivity (Wildman–Crippen MR) is 69.1 cm³/mol. The van der Waals surface area contributed by atoms with Gasteiger partial charge < -0.3 is 10.4 Å². The summed E-state index contributed by atoms with van der Waals surface area (Å²) in [5.41, 5.74) is 0.633. The number of amides is 1. The maximum Gasteiger partial charge on any atom is 0.326 e. The van der Waals surface area contributed by atoms with Crippen molar-refractivity contribution in [2.24, 2.45) is 0 Å². The normalized spacial score (nSPS) is 12.3. The monoisotopic (exact) mass is 265 g/mol. The first-order valence-electron chi connectivity index (χ1n) is 5.90. The second-order valence-electron chi connectivity index (χ2n) is 4.07. The third-order valence-corrected chi connectivity index (χ3v) is 2.52. The molecule has 0 aromatic heterocycles. The third kappa shape index (κ3) is 5.33. The Morgan fingerprint density at radius 1 is 1.37 bits per heavy atom. The van der Waals surface area contributed by atoms with Crippen molar-refractivity contribution < 1.29 is 19.1 Å². The van der Waals surface area contributed by atoms with Gasteiger partial charge in [0.25, 0.3) is 0 Å². The Kier molecular flexibility index (Phi) is 5.73. The molecule has 0 spiro atoms. The van der Waals surface area contributed by atoms with Gasteiger partial charge in [-0.25, -0.2) is 9.18 Å². The summed E-state index contributed by atoms with van der Waals surface area (Å²) in [5.74, 6) is -1.85. The van der Waals surface area contributed by atoms with E-state index >= 15 is 0 Å². The van der Waals surface area contributed by atoms with Crippen LogP contribution in [0.4, 0.5) is 4.39 Å². The van der Waals surface area contributed by atoms with Crippen LogP contribution in [-0.2, 0) is 16.0 Å². The molecule has 0 heterocycles. The fourth-order valence-corrected chi connectivity index (χ4v) is 1.53. The van der Waals surface area contributed by atoms with Gasteiger partial charge in [0.05, 0.1) is 6.42 Å². The van der Waals surface area contributed by atoms with Crippen molar-refractivity contribution in [3.05, 3.63) is 47.8 Å². The molecule has 1 aromatic carbocycles. The van der Waals surface area contributed by atoms with E-state index in [2.05, 4.69) is 5.32 Å². The summed E-state index contributed by atoms with van der Waals surface area (Å²) >= 11 is 0. The number of hydrogen-bond acceptors (Lipinski definition) is 2. The van der Waals surface area contributed by atoms with Crippen LogP contribution in [-0.4, -0.2) is 23.0 Å². The number of carboxylic acids is 1. The number of aliphatic carboxylic acids is 1. The maximum absolute atomic E-state index is 12.7. The molecule has 1 rings (SSSR count). The van der Waals surface area contributed by atoms with Gasteiger partial charge in [-0.1, -0.05) is 24.3 Å². The van der Waals surface area contributed by atoms with Crippen molar-refractivity contribution in [1.29, 1.82) is 0 Å². The molecule has 0 aliphatic carbocycles. The van der Waals surface area contributed by atoms with Gasteiger partial charge in [0.2, 0.25) is 5.91 Å². The molecule has 1 unspecified atom stereocenters.